The minimum absolute atomic E-state index is 0.557. The van der Waals surface area contributed by atoms with Gasteiger partial charge in [0.2, 0.25) is 0 Å². The van der Waals surface area contributed by atoms with E-state index in [1.807, 2.05) is 18.0 Å². The zero-order valence-electron chi connectivity index (χ0n) is 11.9. The lowest BCUT2D eigenvalue weighted by molar-refractivity contribution is 0.507. The maximum absolute atomic E-state index is 4.57. The van der Waals surface area contributed by atoms with Crippen molar-refractivity contribution in [1.29, 1.82) is 0 Å². The van der Waals surface area contributed by atoms with Gasteiger partial charge in [0.1, 0.15) is 0 Å². The highest BCUT2D eigenvalue weighted by molar-refractivity contribution is 7.98. The minimum atomic E-state index is 0.557. The van der Waals surface area contributed by atoms with E-state index in [0.29, 0.717) is 6.04 Å². The summed E-state index contributed by atoms with van der Waals surface area (Å²) in [6, 6.07) is 4.96. The molecule has 102 valence electrons. The molecule has 1 atom stereocenters. The molecule has 0 radical (unpaired) electrons. The number of hydrogen-bond acceptors (Lipinski definition) is 3. The van der Waals surface area contributed by atoms with Gasteiger partial charge in [-0.1, -0.05) is 26.3 Å². The van der Waals surface area contributed by atoms with Gasteiger partial charge in [-0.2, -0.15) is 11.8 Å². The lowest BCUT2D eigenvalue weighted by Crippen LogP contribution is -2.32. The molecule has 0 amide bonds. The number of pyridine rings is 1. The second kappa shape index (κ2) is 9.40. The molecule has 0 saturated carbocycles. The van der Waals surface area contributed by atoms with Crippen LogP contribution in [0.3, 0.4) is 0 Å². The first-order valence-corrected chi connectivity index (χ1v) is 8.35. The van der Waals surface area contributed by atoms with Crippen LogP contribution < -0.4 is 5.32 Å². The fraction of sp³-hybridized carbons (Fsp3) is 0.667. The molecule has 0 aliphatic rings. The zero-order valence-corrected chi connectivity index (χ0v) is 12.7. The molecule has 0 spiro atoms. The molecule has 1 aromatic rings. The van der Waals surface area contributed by atoms with E-state index < -0.39 is 0 Å². The quantitative estimate of drug-likeness (QED) is 0.694. The molecule has 2 nitrogen and oxygen atoms in total. The van der Waals surface area contributed by atoms with Crippen LogP contribution in [0.1, 0.15) is 37.9 Å². The fourth-order valence-electron chi connectivity index (χ4n) is 1.99. The van der Waals surface area contributed by atoms with Crippen molar-refractivity contribution in [2.24, 2.45) is 0 Å². The first-order valence-electron chi connectivity index (χ1n) is 6.96. The smallest absolute Gasteiger partial charge is 0.0419 e. The molecular formula is C15H26N2S. The van der Waals surface area contributed by atoms with E-state index in [-0.39, 0.29) is 0 Å². The number of thioether (sulfide) groups is 1. The second-order valence-corrected chi connectivity index (χ2v) is 5.65. The van der Waals surface area contributed by atoms with E-state index in [9.17, 15) is 0 Å². The molecular weight excluding hydrogens is 240 g/mol. The average molecular weight is 266 g/mol. The number of aromatic nitrogens is 1. The first kappa shape index (κ1) is 15.5. The summed E-state index contributed by atoms with van der Waals surface area (Å²) in [5.41, 5.74) is 2.56. The monoisotopic (exact) mass is 266 g/mol. The van der Waals surface area contributed by atoms with Crippen molar-refractivity contribution >= 4 is 11.8 Å². The van der Waals surface area contributed by atoms with E-state index in [0.717, 1.165) is 25.8 Å². The Morgan fingerprint density at radius 2 is 2.17 bits per heavy atom. The highest BCUT2D eigenvalue weighted by Gasteiger charge is 2.07. The summed E-state index contributed by atoms with van der Waals surface area (Å²) < 4.78 is 0. The third-order valence-electron chi connectivity index (χ3n) is 3.11. The standard InChI is InChI=1S/C15H26N2S/c1-4-6-13-7-8-15(17-12-13)11-14(5-2)16-9-10-18-3/h7-8,12,14,16H,4-6,9-11H2,1-3H3. The van der Waals surface area contributed by atoms with Crippen LogP contribution in [0.5, 0.6) is 0 Å². The van der Waals surface area contributed by atoms with Gasteiger partial charge in [0.25, 0.3) is 0 Å². The molecule has 0 aliphatic carbocycles. The van der Waals surface area contributed by atoms with E-state index >= 15 is 0 Å². The van der Waals surface area contributed by atoms with Crippen LogP contribution in [0.15, 0.2) is 18.3 Å². The lowest BCUT2D eigenvalue weighted by Gasteiger charge is -2.16. The molecule has 0 fully saturated rings. The van der Waals surface area contributed by atoms with Gasteiger partial charge < -0.3 is 5.32 Å². The maximum Gasteiger partial charge on any atom is 0.0419 e. The van der Waals surface area contributed by atoms with Gasteiger partial charge in [-0.3, -0.25) is 4.98 Å². The predicted octanol–water partition coefficient (Wildman–Crippen LogP) is 3.31. The van der Waals surface area contributed by atoms with Crippen molar-refractivity contribution in [3.05, 3.63) is 29.6 Å². The van der Waals surface area contributed by atoms with Crippen LogP contribution >= 0.6 is 11.8 Å². The summed E-state index contributed by atoms with van der Waals surface area (Å²) >= 11 is 1.89. The molecule has 0 aliphatic heterocycles. The Kier molecular flexibility index (Phi) is 8.10. The SMILES string of the molecule is CCCc1ccc(CC(CC)NCCSC)nc1. The number of nitrogens with one attached hydrogen (secondary N) is 1. The van der Waals surface area contributed by atoms with Gasteiger partial charge in [-0.15, -0.1) is 0 Å². The summed E-state index contributed by atoms with van der Waals surface area (Å²) in [5, 5.41) is 3.60. The van der Waals surface area contributed by atoms with Crippen LogP contribution in [0.2, 0.25) is 0 Å². The Bertz CT molecular complexity index is 311. The van der Waals surface area contributed by atoms with Crippen molar-refractivity contribution < 1.29 is 0 Å². The van der Waals surface area contributed by atoms with Gasteiger partial charge in [0.15, 0.2) is 0 Å². The van der Waals surface area contributed by atoms with Gasteiger partial charge in [-0.25, -0.2) is 0 Å². The van der Waals surface area contributed by atoms with Gasteiger partial charge >= 0.3 is 0 Å². The molecule has 1 aromatic heterocycles. The van der Waals surface area contributed by atoms with Crippen LogP contribution in [-0.2, 0) is 12.8 Å². The Balaban J connectivity index is 2.43. The Morgan fingerprint density at radius 1 is 1.33 bits per heavy atom. The number of rotatable bonds is 9. The number of hydrogen-bond donors (Lipinski definition) is 1. The van der Waals surface area contributed by atoms with E-state index in [1.54, 1.807) is 0 Å². The number of aryl methyl sites for hydroxylation is 1. The molecule has 1 unspecified atom stereocenters. The molecule has 18 heavy (non-hydrogen) atoms. The summed E-state index contributed by atoms with van der Waals surface area (Å²) in [6.07, 6.45) is 8.71. The minimum Gasteiger partial charge on any atom is -0.313 e. The summed E-state index contributed by atoms with van der Waals surface area (Å²) in [5.74, 6) is 1.18. The third kappa shape index (κ3) is 5.87. The molecule has 1 heterocycles. The molecule has 0 saturated heterocycles. The van der Waals surface area contributed by atoms with Crippen LogP contribution in [0.4, 0.5) is 0 Å². The Hall–Kier alpha value is -0.540. The topological polar surface area (TPSA) is 24.9 Å². The van der Waals surface area contributed by atoms with Crippen LogP contribution in [0, 0.1) is 0 Å². The normalized spacial score (nSPS) is 12.6. The van der Waals surface area contributed by atoms with E-state index in [4.69, 9.17) is 0 Å². The fourth-order valence-corrected chi connectivity index (χ4v) is 2.31. The van der Waals surface area contributed by atoms with Crippen LogP contribution in [-0.4, -0.2) is 29.6 Å². The van der Waals surface area contributed by atoms with Gasteiger partial charge in [0, 0.05) is 36.7 Å². The van der Waals surface area contributed by atoms with Crippen LogP contribution in [0.25, 0.3) is 0 Å². The predicted molar refractivity (Wildman–Crippen MR) is 82.4 cm³/mol. The zero-order chi connectivity index (χ0) is 13.2. The van der Waals surface area contributed by atoms with Gasteiger partial charge in [0.05, 0.1) is 0 Å². The molecule has 3 heteroatoms. The second-order valence-electron chi connectivity index (χ2n) is 4.66. The van der Waals surface area contributed by atoms with E-state index in [1.165, 1.54) is 23.4 Å². The number of nitrogens with zero attached hydrogens (tertiary/aromatic N) is 1. The highest BCUT2D eigenvalue weighted by Crippen LogP contribution is 2.07. The molecule has 1 N–H and O–H groups in total. The summed E-state index contributed by atoms with van der Waals surface area (Å²) in [4.78, 5) is 4.57. The van der Waals surface area contributed by atoms with Crippen molar-refractivity contribution in [2.75, 3.05) is 18.6 Å². The molecule has 0 aromatic carbocycles. The van der Waals surface area contributed by atoms with Crippen molar-refractivity contribution in [2.45, 2.75) is 45.6 Å². The Labute approximate surface area is 116 Å². The third-order valence-corrected chi connectivity index (χ3v) is 3.72. The Morgan fingerprint density at radius 3 is 2.72 bits per heavy atom. The van der Waals surface area contributed by atoms with Crippen molar-refractivity contribution in [3.8, 4) is 0 Å². The average Bonchev–Trinajstić information content (AvgIpc) is 2.40. The lowest BCUT2D eigenvalue weighted by atomic mass is 10.1. The maximum atomic E-state index is 4.57. The molecule has 0 bridgehead atoms. The van der Waals surface area contributed by atoms with Gasteiger partial charge in [-0.05, 0) is 30.7 Å². The largest absolute Gasteiger partial charge is 0.313 e. The van der Waals surface area contributed by atoms with E-state index in [2.05, 4.69) is 42.5 Å². The molecule has 1 rings (SSSR count). The van der Waals surface area contributed by atoms with Crippen molar-refractivity contribution in [1.82, 2.24) is 10.3 Å². The summed E-state index contributed by atoms with van der Waals surface area (Å²) in [7, 11) is 0. The van der Waals surface area contributed by atoms with Crippen molar-refractivity contribution in [3.63, 3.8) is 0 Å². The highest BCUT2D eigenvalue weighted by atomic mass is 32.2. The summed E-state index contributed by atoms with van der Waals surface area (Å²) in [6.45, 7) is 5.53. The first-order chi connectivity index (χ1) is 8.80.